The van der Waals surface area contributed by atoms with Crippen LogP contribution in [0.3, 0.4) is 0 Å². The lowest BCUT2D eigenvalue weighted by Gasteiger charge is -2.33. The minimum absolute atomic E-state index is 0.0730. The van der Waals surface area contributed by atoms with Gasteiger partial charge in [0.25, 0.3) is 0 Å². The number of ether oxygens (including phenoxy) is 3. The number of carbonyl (C=O) groups excluding carboxylic acids is 3. The van der Waals surface area contributed by atoms with Crippen molar-refractivity contribution in [3.63, 3.8) is 0 Å². The van der Waals surface area contributed by atoms with Crippen molar-refractivity contribution < 1.29 is 28.6 Å². The predicted octanol–water partition coefficient (Wildman–Crippen LogP) is 8.40. The summed E-state index contributed by atoms with van der Waals surface area (Å²) in [6.45, 7) is 8.23. The first-order valence-corrected chi connectivity index (χ1v) is 16.5. The van der Waals surface area contributed by atoms with Crippen LogP contribution in [0.15, 0.2) is 48.5 Å². The summed E-state index contributed by atoms with van der Waals surface area (Å²) in [6, 6.07) is 13.5. The topological polar surface area (TPSA) is 82.1 Å². The second kappa shape index (κ2) is 19.0. The molecule has 2 aromatic carbocycles. The first kappa shape index (κ1) is 34.1. The number of unbranched alkanes of at least 4 members (excludes halogenated alkanes) is 7. The van der Waals surface area contributed by atoms with Crippen LogP contribution in [0.4, 0.5) is 0 Å². The van der Waals surface area contributed by atoms with Crippen LogP contribution in [0.2, 0.25) is 0 Å². The fraction of sp³-hybridized carbons (Fsp3) is 0.583. The zero-order valence-electron chi connectivity index (χ0n) is 26.5. The van der Waals surface area contributed by atoms with Crippen molar-refractivity contribution in [2.45, 2.75) is 104 Å². The van der Waals surface area contributed by atoms with Gasteiger partial charge in [0.1, 0.15) is 17.2 Å². The molecule has 0 radical (unpaired) electrons. The molecule has 0 aromatic heterocycles. The Labute approximate surface area is 258 Å². The molecule has 7 heteroatoms. The van der Waals surface area contributed by atoms with Gasteiger partial charge in [-0.25, -0.2) is 4.79 Å². The van der Waals surface area contributed by atoms with E-state index < -0.39 is 5.97 Å². The Morgan fingerprint density at radius 2 is 1.28 bits per heavy atom. The van der Waals surface area contributed by atoms with E-state index in [1.54, 1.807) is 48.5 Å². The molecule has 1 fully saturated rings. The van der Waals surface area contributed by atoms with Crippen LogP contribution in [0, 0.1) is 11.8 Å². The van der Waals surface area contributed by atoms with Crippen LogP contribution < -0.4 is 14.2 Å². The van der Waals surface area contributed by atoms with Gasteiger partial charge >= 0.3 is 11.9 Å². The van der Waals surface area contributed by atoms with E-state index in [-0.39, 0.29) is 23.7 Å². The Morgan fingerprint density at radius 3 is 1.86 bits per heavy atom. The maximum absolute atomic E-state index is 12.8. The molecule has 43 heavy (non-hydrogen) atoms. The number of benzene rings is 2. The number of likely N-dealkylation sites (tertiary alicyclic amines) is 1. The summed E-state index contributed by atoms with van der Waals surface area (Å²) < 4.78 is 16.9. The van der Waals surface area contributed by atoms with Crippen LogP contribution in [0.25, 0.3) is 0 Å². The summed E-state index contributed by atoms with van der Waals surface area (Å²) in [6.07, 6.45) is 14.0. The molecule has 0 bridgehead atoms. The molecule has 1 atom stereocenters. The molecule has 0 saturated carbocycles. The monoisotopic (exact) mass is 593 g/mol. The van der Waals surface area contributed by atoms with Gasteiger partial charge < -0.3 is 19.1 Å². The minimum Gasteiger partial charge on any atom is -0.494 e. The third-order valence-corrected chi connectivity index (χ3v) is 8.23. The van der Waals surface area contributed by atoms with Gasteiger partial charge in [-0.2, -0.15) is 0 Å². The summed E-state index contributed by atoms with van der Waals surface area (Å²) in [4.78, 5) is 40.0. The van der Waals surface area contributed by atoms with Crippen molar-refractivity contribution in [2.75, 3.05) is 19.7 Å². The van der Waals surface area contributed by atoms with E-state index >= 15 is 0 Å². The lowest BCUT2D eigenvalue weighted by molar-refractivity contribution is -0.144. The first-order chi connectivity index (χ1) is 20.9. The fourth-order valence-corrected chi connectivity index (χ4v) is 5.50. The van der Waals surface area contributed by atoms with E-state index in [0.717, 1.165) is 31.4 Å². The van der Waals surface area contributed by atoms with E-state index in [1.807, 2.05) is 4.90 Å². The third-order valence-electron chi connectivity index (χ3n) is 8.23. The van der Waals surface area contributed by atoms with Crippen LogP contribution in [0.1, 0.15) is 115 Å². The molecule has 3 rings (SSSR count). The standard InChI is InChI=1S/C36H51NO6/c1-4-7-8-9-10-11-12-13-27-41-31-17-15-29(16-18-31)35(39)42-32-19-21-33(22-20-32)43-36(40)30-23-25-37(26-24-30)34(38)28(6-3)14-5-2/h15-22,28,30H,4-14,23-27H2,1-3H3. The van der Waals surface area contributed by atoms with Gasteiger partial charge in [-0.15, -0.1) is 0 Å². The minimum atomic E-state index is -0.468. The normalized spacial score (nSPS) is 14.3. The molecule has 0 N–H and O–H groups in total. The smallest absolute Gasteiger partial charge is 0.343 e. The number of amides is 1. The lowest BCUT2D eigenvalue weighted by Crippen LogP contribution is -2.43. The highest BCUT2D eigenvalue weighted by Crippen LogP contribution is 2.25. The molecule has 1 unspecified atom stereocenters. The molecule has 2 aromatic rings. The average molecular weight is 594 g/mol. The van der Waals surface area contributed by atoms with Gasteiger partial charge in [-0.05, 0) is 80.6 Å². The van der Waals surface area contributed by atoms with Crippen LogP contribution >= 0.6 is 0 Å². The van der Waals surface area contributed by atoms with Gasteiger partial charge in [-0.3, -0.25) is 9.59 Å². The Hall–Kier alpha value is -3.35. The zero-order chi connectivity index (χ0) is 30.9. The second-order valence-corrected chi connectivity index (χ2v) is 11.6. The van der Waals surface area contributed by atoms with Gasteiger partial charge in [0.15, 0.2) is 0 Å². The third kappa shape index (κ3) is 11.7. The number of hydrogen-bond acceptors (Lipinski definition) is 6. The van der Waals surface area contributed by atoms with Crippen molar-refractivity contribution in [3.8, 4) is 17.2 Å². The Kier molecular flexibility index (Phi) is 15.1. The van der Waals surface area contributed by atoms with E-state index in [1.165, 1.54) is 44.9 Å². The van der Waals surface area contributed by atoms with Crippen molar-refractivity contribution >= 4 is 17.8 Å². The molecule has 1 amide bonds. The highest BCUT2D eigenvalue weighted by atomic mass is 16.5. The molecular weight excluding hydrogens is 542 g/mol. The highest BCUT2D eigenvalue weighted by molar-refractivity contribution is 5.91. The summed E-state index contributed by atoms with van der Waals surface area (Å²) in [5, 5.41) is 0. The quantitative estimate of drug-likeness (QED) is 0.0981. The van der Waals surface area contributed by atoms with Crippen LogP contribution in [-0.2, 0) is 9.59 Å². The number of piperidine rings is 1. The summed E-state index contributed by atoms with van der Waals surface area (Å²) in [5.41, 5.74) is 0.430. The number of hydrogen-bond donors (Lipinski definition) is 0. The number of esters is 2. The molecule has 1 heterocycles. The predicted molar refractivity (Wildman–Crippen MR) is 170 cm³/mol. The summed E-state index contributed by atoms with van der Waals surface area (Å²) >= 11 is 0. The van der Waals surface area contributed by atoms with Gasteiger partial charge in [0, 0.05) is 19.0 Å². The average Bonchev–Trinajstić information content (AvgIpc) is 3.03. The van der Waals surface area contributed by atoms with Gasteiger partial charge in [0.05, 0.1) is 18.1 Å². The Balaban J connectivity index is 1.36. The maximum atomic E-state index is 12.8. The second-order valence-electron chi connectivity index (χ2n) is 11.6. The maximum Gasteiger partial charge on any atom is 0.343 e. The molecule has 0 aliphatic carbocycles. The number of carbonyl (C=O) groups is 3. The van der Waals surface area contributed by atoms with E-state index in [4.69, 9.17) is 14.2 Å². The van der Waals surface area contributed by atoms with Crippen LogP contribution in [0.5, 0.6) is 17.2 Å². The Bertz CT molecular complexity index is 1110. The van der Waals surface area contributed by atoms with Gasteiger partial charge in [0.2, 0.25) is 5.91 Å². The number of rotatable bonds is 18. The van der Waals surface area contributed by atoms with E-state index in [0.29, 0.717) is 49.6 Å². The Morgan fingerprint density at radius 1 is 0.721 bits per heavy atom. The molecule has 236 valence electrons. The fourth-order valence-electron chi connectivity index (χ4n) is 5.50. The highest BCUT2D eigenvalue weighted by Gasteiger charge is 2.31. The molecule has 0 spiro atoms. The molecule has 1 aliphatic heterocycles. The van der Waals surface area contributed by atoms with E-state index in [2.05, 4.69) is 20.8 Å². The largest absolute Gasteiger partial charge is 0.494 e. The van der Waals surface area contributed by atoms with Crippen molar-refractivity contribution in [1.82, 2.24) is 4.90 Å². The van der Waals surface area contributed by atoms with Crippen molar-refractivity contribution in [2.24, 2.45) is 11.8 Å². The SMILES string of the molecule is CCCCCCCCCCOc1ccc(C(=O)Oc2ccc(OC(=O)C3CCN(C(=O)C(CC)CCC)CC3)cc2)cc1. The van der Waals surface area contributed by atoms with E-state index in [9.17, 15) is 14.4 Å². The summed E-state index contributed by atoms with van der Waals surface area (Å²) in [5.74, 6) is 0.791. The van der Waals surface area contributed by atoms with Gasteiger partial charge in [-0.1, -0.05) is 72.1 Å². The first-order valence-electron chi connectivity index (χ1n) is 16.5. The number of nitrogens with zero attached hydrogens (tertiary/aromatic N) is 1. The molecule has 1 saturated heterocycles. The van der Waals surface area contributed by atoms with Crippen LogP contribution in [-0.4, -0.2) is 42.4 Å². The summed E-state index contributed by atoms with van der Waals surface area (Å²) in [7, 11) is 0. The van der Waals surface area contributed by atoms with Crippen molar-refractivity contribution in [3.05, 3.63) is 54.1 Å². The molecule has 7 nitrogen and oxygen atoms in total. The van der Waals surface area contributed by atoms with Crippen molar-refractivity contribution in [1.29, 1.82) is 0 Å². The molecule has 1 aliphatic rings. The molecular formula is C36H51NO6. The zero-order valence-corrected chi connectivity index (χ0v) is 26.5. The lowest BCUT2D eigenvalue weighted by atomic mass is 9.94.